The Hall–Kier alpha value is -3.88. The maximum absolute atomic E-state index is 12.8. The molecule has 8 heteroatoms. The topological polar surface area (TPSA) is 95.1 Å². The van der Waals surface area contributed by atoms with Gasteiger partial charge in [0, 0.05) is 24.3 Å². The normalized spacial score (nSPS) is 10.5. The van der Waals surface area contributed by atoms with Crippen molar-refractivity contribution in [1.82, 2.24) is 0 Å². The summed E-state index contributed by atoms with van der Waals surface area (Å²) in [4.78, 5) is 25.6. The molecular formula is C28H32N2O6. The van der Waals surface area contributed by atoms with E-state index in [-0.39, 0.29) is 11.8 Å². The number of amides is 2. The molecule has 3 aromatic rings. The van der Waals surface area contributed by atoms with Gasteiger partial charge in [-0.3, -0.25) is 9.59 Å². The van der Waals surface area contributed by atoms with Crippen LogP contribution < -0.4 is 20.1 Å². The monoisotopic (exact) mass is 492 g/mol. The Morgan fingerprint density at radius 2 is 0.972 bits per heavy atom. The minimum atomic E-state index is -0.309. The van der Waals surface area contributed by atoms with Gasteiger partial charge in [-0.1, -0.05) is 24.3 Å². The molecule has 0 aromatic heterocycles. The van der Waals surface area contributed by atoms with Gasteiger partial charge in [0.05, 0.1) is 24.6 Å². The molecule has 2 N–H and O–H groups in total. The summed E-state index contributed by atoms with van der Waals surface area (Å²) >= 11 is 0. The smallest absolute Gasteiger partial charge is 0.255 e. The number of nitrogens with one attached hydrogen (secondary N) is 2. The molecule has 0 radical (unpaired) electrons. The highest BCUT2D eigenvalue weighted by Crippen LogP contribution is 2.26. The molecule has 3 rings (SSSR count). The van der Waals surface area contributed by atoms with Crippen LogP contribution in [0.1, 0.15) is 34.6 Å². The van der Waals surface area contributed by atoms with E-state index in [1.165, 1.54) is 0 Å². The zero-order valence-electron chi connectivity index (χ0n) is 20.6. The van der Waals surface area contributed by atoms with Crippen molar-refractivity contribution in [3.8, 4) is 11.5 Å². The highest BCUT2D eigenvalue weighted by atomic mass is 16.5. The fourth-order valence-corrected chi connectivity index (χ4v) is 3.26. The standard InChI is InChI=1S/C28H32N2O6/c1-3-33-17-19-35-25-11-7-5-9-23(25)29-27(31)21-13-15-22(16-14-21)28(32)30-24-10-6-8-12-26(24)36-20-18-34-4-2/h5-16H,3-4,17-20H2,1-2H3,(H,29,31)(H,30,32). The Kier molecular flexibility index (Phi) is 10.8. The predicted octanol–water partition coefficient (Wildman–Crippen LogP) is 5.02. The molecule has 3 aromatic carbocycles. The Morgan fingerprint density at radius 1 is 0.583 bits per heavy atom. The summed E-state index contributed by atoms with van der Waals surface area (Å²) in [5.41, 5.74) is 1.94. The SMILES string of the molecule is CCOCCOc1ccccc1NC(=O)c1ccc(C(=O)Nc2ccccc2OCCOCC)cc1. The number of ether oxygens (including phenoxy) is 4. The van der Waals surface area contributed by atoms with Crippen LogP contribution >= 0.6 is 0 Å². The lowest BCUT2D eigenvalue weighted by Gasteiger charge is -2.13. The van der Waals surface area contributed by atoms with E-state index in [2.05, 4.69) is 10.6 Å². The molecule has 0 aliphatic rings. The molecule has 0 bridgehead atoms. The molecular weight excluding hydrogens is 460 g/mol. The van der Waals surface area contributed by atoms with Crippen molar-refractivity contribution in [2.45, 2.75) is 13.8 Å². The van der Waals surface area contributed by atoms with E-state index >= 15 is 0 Å². The van der Waals surface area contributed by atoms with Gasteiger partial charge in [0.15, 0.2) is 0 Å². The first-order valence-electron chi connectivity index (χ1n) is 11.9. The average Bonchev–Trinajstić information content (AvgIpc) is 2.91. The Labute approximate surface area is 211 Å². The fraction of sp³-hybridized carbons (Fsp3) is 0.286. The van der Waals surface area contributed by atoms with Crippen molar-refractivity contribution < 1.29 is 28.5 Å². The minimum Gasteiger partial charge on any atom is -0.489 e. The van der Waals surface area contributed by atoms with Gasteiger partial charge < -0.3 is 29.6 Å². The third-order valence-electron chi connectivity index (χ3n) is 5.06. The molecule has 0 heterocycles. The van der Waals surface area contributed by atoms with E-state index in [9.17, 15) is 9.59 Å². The van der Waals surface area contributed by atoms with E-state index in [0.717, 1.165) is 0 Å². The minimum absolute atomic E-state index is 0.309. The zero-order valence-corrected chi connectivity index (χ0v) is 20.6. The van der Waals surface area contributed by atoms with Crippen LogP contribution in [0.2, 0.25) is 0 Å². The number of para-hydroxylation sites is 4. The van der Waals surface area contributed by atoms with Crippen LogP contribution in [-0.2, 0) is 9.47 Å². The van der Waals surface area contributed by atoms with Crippen molar-refractivity contribution in [2.75, 3.05) is 50.3 Å². The van der Waals surface area contributed by atoms with Gasteiger partial charge in [-0.05, 0) is 62.4 Å². The van der Waals surface area contributed by atoms with E-state index < -0.39 is 0 Å². The fourth-order valence-electron chi connectivity index (χ4n) is 3.26. The molecule has 8 nitrogen and oxygen atoms in total. The van der Waals surface area contributed by atoms with Gasteiger partial charge in [-0.2, -0.15) is 0 Å². The van der Waals surface area contributed by atoms with Crippen LogP contribution in [0.25, 0.3) is 0 Å². The third kappa shape index (κ3) is 8.11. The lowest BCUT2D eigenvalue weighted by molar-refractivity contribution is 0.101. The van der Waals surface area contributed by atoms with Crippen molar-refractivity contribution in [3.05, 3.63) is 83.9 Å². The summed E-state index contributed by atoms with van der Waals surface area (Å²) in [5, 5.41) is 5.72. The molecule has 0 unspecified atom stereocenters. The third-order valence-corrected chi connectivity index (χ3v) is 5.06. The molecule has 36 heavy (non-hydrogen) atoms. The zero-order chi connectivity index (χ0) is 25.6. The van der Waals surface area contributed by atoms with Crippen LogP contribution in [-0.4, -0.2) is 51.5 Å². The Balaban J connectivity index is 1.60. The highest BCUT2D eigenvalue weighted by Gasteiger charge is 2.13. The van der Waals surface area contributed by atoms with Crippen molar-refractivity contribution in [3.63, 3.8) is 0 Å². The number of hydrogen-bond acceptors (Lipinski definition) is 6. The van der Waals surface area contributed by atoms with Crippen LogP contribution in [0.5, 0.6) is 11.5 Å². The van der Waals surface area contributed by atoms with Gasteiger partial charge in [0.2, 0.25) is 0 Å². The Bertz CT molecular complexity index is 1030. The van der Waals surface area contributed by atoms with Gasteiger partial charge in [0.25, 0.3) is 11.8 Å². The summed E-state index contributed by atoms with van der Waals surface area (Å²) in [7, 11) is 0. The van der Waals surface area contributed by atoms with E-state index in [1.807, 2.05) is 38.1 Å². The molecule has 0 saturated carbocycles. The summed E-state index contributed by atoms with van der Waals surface area (Å²) < 4.78 is 22.0. The van der Waals surface area contributed by atoms with Gasteiger partial charge in [-0.15, -0.1) is 0 Å². The van der Waals surface area contributed by atoms with E-state index in [4.69, 9.17) is 18.9 Å². The second kappa shape index (κ2) is 14.5. The first-order valence-corrected chi connectivity index (χ1v) is 11.9. The average molecular weight is 493 g/mol. The molecule has 0 aliphatic carbocycles. The number of benzene rings is 3. The quantitative estimate of drug-likeness (QED) is 0.307. The number of anilines is 2. The number of carbonyl (C=O) groups excluding carboxylic acids is 2. The van der Waals surface area contributed by atoms with Crippen LogP contribution in [0.15, 0.2) is 72.8 Å². The molecule has 2 amide bonds. The highest BCUT2D eigenvalue weighted by molar-refractivity contribution is 6.07. The molecule has 0 saturated heterocycles. The van der Waals surface area contributed by atoms with Crippen molar-refractivity contribution in [2.24, 2.45) is 0 Å². The predicted molar refractivity (Wildman–Crippen MR) is 139 cm³/mol. The van der Waals surface area contributed by atoms with Gasteiger partial charge >= 0.3 is 0 Å². The number of carbonyl (C=O) groups is 2. The van der Waals surface area contributed by atoms with Gasteiger partial charge in [0.1, 0.15) is 24.7 Å². The number of hydrogen-bond donors (Lipinski definition) is 2. The molecule has 0 atom stereocenters. The summed E-state index contributed by atoms with van der Waals surface area (Å²) in [6, 6.07) is 20.8. The largest absolute Gasteiger partial charge is 0.489 e. The Morgan fingerprint density at radius 3 is 1.36 bits per heavy atom. The second-order valence-corrected chi connectivity index (χ2v) is 7.57. The number of rotatable bonds is 14. The lowest BCUT2D eigenvalue weighted by atomic mass is 10.1. The van der Waals surface area contributed by atoms with Crippen LogP contribution in [0, 0.1) is 0 Å². The first-order chi connectivity index (χ1) is 17.6. The molecule has 0 aliphatic heterocycles. The van der Waals surface area contributed by atoms with Crippen LogP contribution in [0.4, 0.5) is 11.4 Å². The summed E-state index contributed by atoms with van der Waals surface area (Å²) in [6.45, 7) is 6.76. The first kappa shape index (κ1) is 26.7. The summed E-state index contributed by atoms with van der Waals surface area (Å²) in [5.74, 6) is 0.499. The summed E-state index contributed by atoms with van der Waals surface area (Å²) in [6.07, 6.45) is 0. The lowest BCUT2D eigenvalue weighted by Crippen LogP contribution is -2.16. The van der Waals surface area contributed by atoms with Crippen molar-refractivity contribution in [1.29, 1.82) is 0 Å². The maximum atomic E-state index is 12.8. The second-order valence-electron chi connectivity index (χ2n) is 7.57. The van der Waals surface area contributed by atoms with Gasteiger partial charge in [-0.25, -0.2) is 0 Å². The molecule has 190 valence electrons. The molecule has 0 fully saturated rings. The van der Waals surface area contributed by atoms with E-state index in [0.29, 0.717) is 73.6 Å². The van der Waals surface area contributed by atoms with Crippen LogP contribution in [0.3, 0.4) is 0 Å². The van der Waals surface area contributed by atoms with Crippen molar-refractivity contribution >= 4 is 23.2 Å². The van der Waals surface area contributed by atoms with E-state index in [1.54, 1.807) is 48.5 Å². The molecule has 0 spiro atoms. The maximum Gasteiger partial charge on any atom is 0.255 e.